The van der Waals surface area contributed by atoms with E-state index in [9.17, 15) is 0 Å². The molecule has 0 aliphatic carbocycles. The molecule has 5 heteroatoms. The lowest BCUT2D eigenvalue weighted by molar-refractivity contribution is 0.975. The number of nitrogens with zero attached hydrogens (tertiary/aromatic N) is 2. The topological polar surface area (TPSA) is 63.8 Å². The largest absolute Gasteiger partial charge is 0.307 e. The van der Waals surface area contributed by atoms with Crippen LogP contribution in [0.15, 0.2) is 12.1 Å². The van der Waals surface area contributed by atoms with E-state index in [2.05, 4.69) is 15.6 Å². The van der Waals surface area contributed by atoms with Crippen LogP contribution in [-0.4, -0.2) is 10.2 Å². The molecule has 0 aliphatic rings. The van der Waals surface area contributed by atoms with Crippen LogP contribution in [0.5, 0.6) is 0 Å². The molecular formula is C5H9ClN4. The molecule has 0 spiro atoms. The van der Waals surface area contributed by atoms with E-state index >= 15 is 0 Å². The van der Waals surface area contributed by atoms with Crippen molar-refractivity contribution in [2.75, 3.05) is 5.43 Å². The number of nitrogens with one attached hydrogen (secondary N) is 1. The summed E-state index contributed by atoms with van der Waals surface area (Å²) in [6.07, 6.45) is 0. The molecule has 0 bridgehead atoms. The third-order valence-corrected chi connectivity index (χ3v) is 0.946. The molecule has 0 fully saturated rings. The summed E-state index contributed by atoms with van der Waals surface area (Å²) in [5.74, 6) is 5.63. The van der Waals surface area contributed by atoms with Crippen molar-refractivity contribution in [3.8, 4) is 0 Å². The first kappa shape index (κ1) is 9.13. The lowest BCUT2D eigenvalue weighted by Crippen LogP contribution is -2.08. The van der Waals surface area contributed by atoms with Crippen molar-refractivity contribution in [2.45, 2.75) is 6.92 Å². The Morgan fingerprint density at radius 2 is 2.10 bits per heavy atom. The van der Waals surface area contributed by atoms with Crippen LogP contribution in [0.2, 0.25) is 0 Å². The zero-order valence-electron chi connectivity index (χ0n) is 5.53. The number of nitrogens with two attached hydrogens (primary N) is 1. The third kappa shape index (κ3) is 2.16. The molecule has 0 saturated heterocycles. The minimum absolute atomic E-state index is 0. The van der Waals surface area contributed by atoms with Gasteiger partial charge in [0.25, 0.3) is 0 Å². The van der Waals surface area contributed by atoms with Crippen molar-refractivity contribution in [2.24, 2.45) is 5.84 Å². The van der Waals surface area contributed by atoms with Crippen molar-refractivity contribution in [1.82, 2.24) is 10.2 Å². The van der Waals surface area contributed by atoms with E-state index in [1.807, 2.05) is 13.0 Å². The highest BCUT2D eigenvalue weighted by atomic mass is 35.5. The molecule has 0 radical (unpaired) electrons. The van der Waals surface area contributed by atoms with Gasteiger partial charge in [0.05, 0.1) is 5.69 Å². The van der Waals surface area contributed by atoms with Crippen LogP contribution in [0.3, 0.4) is 0 Å². The number of rotatable bonds is 1. The minimum Gasteiger partial charge on any atom is -0.307 e. The summed E-state index contributed by atoms with van der Waals surface area (Å²) in [4.78, 5) is 0. The van der Waals surface area contributed by atoms with E-state index in [0.717, 1.165) is 5.69 Å². The third-order valence-electron chi connectivity index (χ3n) is 0.946. The Balaban J connectivity index is 0.000000810. The van der Waals surface area contributed by atoms with Gasteiger partial charge < -0.3 is 5.43 Å². The van der Waals surface area contributed by atoms with Gasteiger partial charge in [-0.05, 0) is 19.1 Å². The highest BCUT2D eigenvalue weighted by Gasteiger charge is 1.87. The Labute approximate surface area is 65.2 Å². The summed E-state index contributed by atoms with van der Waals surface area (Å²) >= 11 is 0. The van der Waals surface area contributed by atoms with Crippen molar-refractivity contribution >= 4 is 18.2 Å². The monoisotopic (exact) mass is 160 g/mol. The molecule has 56 valence electrons. The smallest absolute Gasteiger partial charge is 0.162 e. The predicted molar refractivity (Wildman–Crippen MR) is 41.8 cm³/mol. The van der Waals surface area contributed by atoms with Gasteiger partial charge >= 0.3 is 0 Å². The van der Waals surface area contributed by atoms with Gasteiger partial charge in [-0.1, -0.05) is 0 Å². The van der Waals surface area contributed by atoms with E-state index in [0.29, 0.717) is 5.82 Å². The molecule has 1 rings (SSSR count). The van der Waals surface area contributed by atoms with Crippen LogP contribution < -0.4 is 11.3 Å². The van der Waals surface area contributed by atoms with Gasteiger partial charge in [-0.15, -0.1) is 17.5 Å². The summed E-state index contributed by atoms with van der Waals surface area (Å²) in [6, 6.07) is 3.60. The van der Waals surface area contributed by atoms with Gasteiger partial charge in [0.2, 0.25) is 0 Å². The second kappa shape index (κ2) is 4.03. The quantitative estimate of drug-likeness (QED) is 0.464. The lowest BCUT2D eigenvalue weighted by Gasteiger charge is -1.94. The molecule has 3 N–H and O–H groups in total. The van der Waals surface area contributed by atoms with Crippen LogP contribution in [0.1, 0.15) is 5.69 Å². The van der Waals surface area contributed by atoms with Gasteiger partial charge in [-0.2, -0.15) is 5.10 Å². The first-order valence-corrected chi connectivity index (χ1v) is 2.60. The van der Waals surface area contributed by atoms with Crippen molar-refractivity contribution < 1.29 is 0 Å². The maximum atomic E-state index is 5.05. The minimum atomic E-state index is 0. The van der Waals surface area contributed by atoms with E-state index in [1.165, 1.54) is 0 Å². The normalized spacial score (nSPS) is 8.20. The Morgan fingerprint density at radius 1 is 1.40 bits per heavy atom. The molecule has 10 heavy (non-hydrogen) atoms. The van der Waals surface area contributed by atoms with Crippen LogP contribution >= 0.6 is 12.4 Å². The summed E-state index contributed by atoms with van der Waals surface area (Å²) in [7, 11) is 0. The Kier molecular flexibility index (Phi) is 3.68. The fourth-order valence-corrected chi connectivity index (χ4v) is 0.476. The highest BCUT2D eigenvalue weighted by Crippen LogP contribution is 1.96. The number of hydrogen-bond donors (Lipinski definition) is 2. The number of nitrogen functional groups attached to an aromatic ring is 1. The molecule has 1 heterocycles. The Bertz CT molecular complexity index is 185. The van der Waals surface area contributed by atoms with Gasteiger partial charge in [-0.25, -0.2) is 5.84 Å². The van der Waals surface area contributed by atoms with E-state index in [-0.39, 0.29) is 12.4 Å². The van der Waals surface area contributed by atoms with E-state index < -0.39 is 0 Å². The average Bonchev–Trinajstić information content (AvgIpc) is 1.90. The van der Waals surface area contributed by atoms with Crippen LogP contribution in [0.4, 0.5) is 5.82 Å². The van der Waals surface area contributed by atoms with Crippen molar-refractivity contribution in [3.63, 3.8) is 0 Å². The molecule has 1 aromatic rings. The second-order valence-electron chi connectivity index (χ2n) is 1.70. The molecule has 0 unspecified atom stereocenters. The molecule has 0 aliphatic heterocycles. The first-order valence-electron chi connectivity index (χ1n) is 2.60. The molecule has 0 amide bonds. The summed E-state index contributed by atoms with van der Waals surface area (Å²) in [5.41, 5.74) is 3.26. The molecule has 0 atom stereocenters. The van der Waals surface area contributed by atoms with Crippen molar-refractivity contribution in [1.29, 1.82) is 0 Å². The molecule has 1 aromatic heterocycles. The van der Waals surface area contributed by atoms with Crippen LogP contribution in [-0.2, 0) is 0 Å². The average molecular weight is 161 g/mol. The predicted octanol–water partition coefficient (Wildman–Crippen LogP) is 0.492. The standard InChI is InChI=1S/C5H8N4.ClH/c1-4-2-3-5(7-6)9-8-4;/h2-3H,6H2,1H3,(H,7,9);1H. The summed E-state index contributed by atoms with van der Waals surface area (Å²) in [5, 5.41) is 7.47. The van der Waals surface area contributed by atoms with Gasteiger partial charge in [0.15, 0.2) is 5.82 Å². The van der Waals surface area contributed by atoms with Crippen LogP contribution in [0, 0.1) is 6.92 Å². The maximum absolute atomic E-state index is 5.05. The summed E-state index contributed by atoms with van der Waals surface area (Å²) < 4.78 is 0. The Morgan fingerprint density at radius 3 is 2.50 bits per heavy atom. The zero-order valence-corrected chi connectivity index (χ0v) is 6.35. The Hall–Kier alpha value is -0.870. The SMILES string of the molecule is Cc1ccc(NN)nn1.Cl. The van der Waals surface area contributed by atoms with Gasteiger partial charge in [0, 0.05) is 0 Å². The molecule has 0 aromatic carbocycles. The number of hydrogen-bond acceptors (Lipinski definition) is 4. The number of hydrazine groups is 1. The molecule has 4 nitrogen and oxygen atoms in total. The maximum Gasteiger partial charge on any atom is 0.162 e. The highest BCUT2D eigenvalue weighted by molar-refractivity contribution is 5.85. The fraction of sp³-hybridized carbons (Fsp3) is 0.200. The second-order valence-corrected chi connectivity index (χ2v) is 1.70. The number of aryl methyl sites for hydroxylation is 1. The number of halogens is 1. The molecule has 0 saturated carbocycles. The summed E-state index contributed by atoms with van der Waals surface area (Å²) in [6.45, 7) is 1.87. The lowest BCUT2D eigenvalue weighted by atomic mass is 10.4. The molecular weight excluding hydrogens is 152 g/mol. The van der Waals surface area contributed by atoms with E-state index in [4.69, 9.17) is 5.84 Å². The number of aromatic nitrogens is 2. The first-order chi connectivity index (χ1) is 4.33. The van der Waals surface area contributed by atoms with Crippen LogP contribution in [0.25, 0.3) is 0 Å². The van der Waals surface area contributed by atoms with Gasteiger partial charge in [-0.3, -0.25) is 0 Å². The fourth-order valence-electron chi connectivity index (χ4n) is 0.476. The van der Waals surface area contributed by atoms with Crippen molar-refractivity contribution in [3.05, 3.63) is 17.8 Å². The number of anilines is 1. The zero-order chi connectivity index (χ0) is 6.69. The van der Waals surface area contributed by atoms with E-state index in [1.54, 1.807) is 6.07 Å². The van der Waals surface area contributed by atoms with Gasteiger partial charge in [0.1, 0.15) is 0 Å².